The average Bonchev–Trinajstić information content (AvgIpc) is 2.58. The van der Waals surface area contributed by atoms with E-state index >= 15 is 0 Å². The monoisotopic (exact) mass is 246 g/mol. The Labute approximate surface area is 105 Å². The fraction of sp³-hybridized carbons (Fsp3) is 0.250. The highest BCUT2D eigenvalue weighted by Crippen LogP contribution is 2.11. The van der Waals surface area contributed by atoms with Gasteiger partial charge in [-0.15, -0.1) is 0 Å². The van der Waals surface area contributed by atoms with Gasteiger partial charge in [-0.25, -0.2) is 9.67 Å². The second-order valence-electron chi connectivity index (χ2n) is 3.89. The van der Waals surface area contributed by atoms with Gasteiger partial charge in [0.2, 0.25) is 0 Å². The highest BCUT2D eigenvalue weighted by molar-refractivity contribution is 7.80. The molecule has 0 saturated carbocycles. The van der Waals surface area contributed by atoms with Crippen molar-refractivity contribution in [1.82, 2.24) is 14.8 Å². The smallest absolute Gasteiger partial charge is 0.147 e. The van der Waals surface area contributed by atoms with Crippen molar-refractivity contribution in [3.8, 4) is 0 Å². The van der Waals surface area contributed by atoms with Crippen molar-refractivity contribution < 1.29 is 0 Å². The summed E-state index contributed by atoms with van der Waals surface area (Å²) >= 11 is 5.04. The summed E-state index contributed by atoms with van der Waals surface area (Å²) in [5.41, 5.74) is 7.66. The van der Waals surface area contributed by atoms with E-state index in [1.807, 2.05) is 42.8 Å². The van der Waals surface area contributed by atoms with Gasteiger partial charge >= 0.3 is 0 Å². The van der Waals surface area contributed by atoms with Crippen LogP contribution in [0, 0.1) is 13.8 Å². The molecule has 1 aromatic carbocycles. The number of thiocarbonyl (C=S) groups is 1. The molecule has 1 heterocycles. The number of rotatable bonds is 3. The van der Waals surface area contributed by atoms with E-state index in [1.165, 1.54) is 0 Å². The molecule has 0 amide bonds. The zero-order valence-corrected chi connectivity index (χ0v) is 10.7. The lowest BCUT2D eigenvalue weighted by Gasteiger charge is -2.08. The molecule has 0 atom stereocenters. The molecule has 0 aliphatic rings. The third-order valence-corrected chi connectivity index (χ3v) is 2.79. The number of hydrogen-bond acceptors (Lipinski definition) is 3. The molecule has 0 saturated heterocycles. The van der Waals surface area contributed by atoms with Crippen molar-refractivity contribution in [3.63, 3.8) is 0 Å². The molecule has 0 spiro atoms. The molecule has 2 aromatic rings. The van der Waals surface area contributed by atoms with E-state index in [1.54, 1.807) is 0 Å². The summed E-state index contributed by atoms with van der Waals surface area (Å²) in [6.45, 7) is 4.45. The number of aryl methyl sites for hydroxylation is 2. The van der Waals surface area contributed by atoms with Crippen LogP contribution in [0.5, 0.6) is 0 Å². The molecule has 0 unspecified atom stereocenters. The zero-order valence-electron chi connectivity index (χ0n) is 9.84. The quantitative estimate of drug-likeness (QED) is 0.835. The summed E-state index contributed by atoms with van der Waals surface area (Å²) in [5.74, 6) is 1.66. The molecule has 0 fully saturated rings. The molecule has 2 N–H and O–H groups in total. The molecule has 2 rings (SSSR count). The first-order valence-electron chi connectivity index (χ1n) is 5.33. The van der Waals surface area contributed by atoms with Gasteiger partial charge in [-0.2, -0.15) is 5.10 Å². The number of benzene rings is 1. The van der Waals surface area contributed by atoms with Crippen LogP contribution < -0.4 is 5.73 Å². The highest BCUT2D eigenvalue weighted by atomic mass is 32.1. The minimum absolute atomic E-state index is 0.412. The Morgan fingerprint density at radius 1 is 1.35 bits per heavy atom. The van der Waals surface area contributed by atoms with Crippen LogP contribution in [0.25, 0.3) is 0 Å². The minimum atomic E-state index is 0.412. The average molecular weight is 246 g/mol. The molecule has 88 valence electrons. The van der Waals surface area contributed by atoms with E-state index in [0.29, 0.717) is 11.5 Å². The molecule has 0 aliphatic carbocycles. The van der Waals surface area contributed by atoms with Gasteiger partial charge in [0.25, 0.3) is 0 Å². The maximum atomic E-state index is 5.70. The van der Waals surface area contributed by atoms with Crippen molar-refractivity contribution in [2.75, 3.05) is 0 Å². The lowest BCUT2D eigenvalue weighted by molar-refractivity contribution is 0.655. The Balaban J connectivity index is 2.36. The van der Waals surface area contributed by atoms with Crippen LogP contribution in [0.15, 0.2) is 24.3 Å². The normalized spacial score (nSPS) is 10.5. The Morgan fingerprint density at radius 3 is 2.65 bits per heavy atom. The lowest BCUT2D eigenvalue weighted by Crippen LogP contribution is -2.14. The van der Waals surface area contributed by atoms with Crippen LogP contribution in [-0.4, -0.2) is 19.8 Å². The van der Waals surface area contributed by atoms with Gasteiger partial charge in [0.1, 0.15) is 16.6 Å². The first-order valence-corrected chi connectivity index (χ1v) is 5.74. The predicted molar refractivity (Wildman–Crippen MR) is 70.9 cm³/mol. The molecule has 17 heavy (non-hydrogen) atoms. The minimum Gasteiger partial charge on any atom is -0.389 e. The fourth-order valence-corrected chi connectivity index (χ4v) is 1.97. The van der Waals surface area contributed by atoms with Gasteiger partial charge in [-0.05, 0) is 19.4 Å². The van der Waals surface area contributed by atoms with Crippen LogP contribution in [0.2, 0.25) is 0 Å². The summed E-state index contributed by atoms with van der Waals surface area (Å²) in [6.07, 6.45) is 0. The maximum Gasteiger partial charge on any atom is 0.147 e. The molecular weight excluding hydrogens is 232 g/mol. The third kappa shape index (κ3) is 2.50. The van der Waals surface area contributed by atoms with E-state index < -0.39 is 0 Å². The summed E-state index contributed by atoms with van der Waals surface area (Å²) in [5, 5.41) is 4.33. The van der Waals surface area contributed by atoms with E-state index in [2.05, 4.69) is 10.1 Å². The molecule has 1 aromatic heterocycles. The molecule has 5 heteroatoms. The third-order valence-electron chi connectivity index (χ3n) is 2.57. The van der Waals surface area contributed by atoms with Gasteiger partial charge in [0.15, 0.2) is 0 Å². The second kappa shape index (κ2) is 4.63. The second-order valence-corrected chi connectivity index (χ2v) is 4.33. The van der Waals surface area contributed by atoms with Crippen molar-refractivity contribution in [3.05, 3.63) is 47.0 Å². The summed E-state index contributed by atoms with van der Waals surface area (Å²) in [6, 6.07) is 7.83. The molecular formula is C12H14N4S. The van der Waals surface area contributed by atoms with Crippen molar-refractivity contribution in [1.29, 1.82) is 0 Å². The zero-order chi connectivity index (χ0) is 12.4. The van der Waals surface area contributed by atoms with E-state index in [0.717, 1.165) is 22.8 Å². The van der Waals surface area contributed by atoms with Crippen molar-refractivity contribution in [2.24, 2.45) is 5.73 Å². The topological polar surface area (TPSA) is 56.7 Å². The molecule has 4 nitrogen and oxygen atoms in total. The van der Waals surface area contributed by atoms with E-state index in [-0.39, 0.29) is 0 Å². The van der Waals surface area contributed by atoms with Gasteiger partial charge in [-0.3, -0.25) is 0 Å². The predicted octanol–water partition coefficient (Wildman–Crippen LogP) is 1.58. The molecule has 0 radical (unpaired) electrons. The van der Waals surface area contributed by atoms with Gasteiger partial charge < -0.3 is 5.73 Å². The largest absolute Gasteiger partial charge is 0.389 e. The summed E-state index contributed by atoms with van der Waals surface area (Å²) in [4.78, 5) is 4.68. The number of nitrogens with zero attached hydrogens (tertiary/aromatic N) is 3. The maximum absolute atomic E-state index is 5.70. The van der Waals surface area contributed by atoms with Crippen molar-refractivity contribution >= 4 is 17.2 Å². The van der Waals surface area contributed by atoms with Gasteiger partial charge in [0, 0.05) is 5.56 Å². The lowest BCUT2D eigenvalue weighted by atomic mass is 10.1. The number of hydrogen-bond donors (Lipinski definition) is 1. The number of aromatic nitrogens is 3. The molecule has 0 bridgehead atoms. The van der Waals surface area contributed by atoms with Gasteiger partial charge in [0.05, 0.1) is 6.54 Å². The van der Waals surface area contributed by atoms with Gasteiger partial charge in [-0.1, -0.05) is 36.5 Å². The number of nitrogens with two attached hydrogens (primary N) is 1. The Hall–Kier alpha value is -1.75. The van der Waals surface area contributed by atoms with Crippen LogP contribution in [0.4, 0.5) is 0 Å². The summed E-state index contributed by atoms with van der Waals surface area (Å²) < 4.78 is 1.85. The Bertz CT molecular complexity index is 559. The Kier molecular flexibility index (Phi) is 3.19. The van der Waals surface area contributed by atoms with Crippen LogP contribution in [-0.2, 0) is 6.54 Å². The van der Waals surface area contributed by atoms with Crippen molar-refractivity contribution in [2.45, 2.75) is 20.4 Å². The first kappa shape index (κ1) is 11.7. The Morgan fingerprint density at radius 2 is 2.06 bits per heavy atom. The summed E-state index contributed by atoms with van der Waals surface area (Å²) in [7, 11) is 0. The fourth-order valence-electron chi connectivity index (χ4n) is 1.77. The first-order chi connectivity index (χ1) is 8.08. The van der Waals surface area contributed by atoms with E-state index in [9.17, 15) is 0 Å². The highest BCUT2D eigenvalue weighted by Gasteiger charge is 2.08. The van der Waals surface area contributed by atoms with Crippen LogP contribution in [0.3, 0.4) is 0 Å². The van der Waals surface area contributed by atoms with Crippen LogP contribution in [0.1, 0.15) is 22.8 Å². The van der Waals surface area contributed by atoms with Crippen LogP contribution >= 0.6 is 12.2 Å². The standard InChI is InChI=1S/C12H14N4S/c1-8-14-9(2)16(15-8)7-10-5-3-4-6-11(10)12(13)17/h3-6H,7H2,1-2H3,(H2,13,17). The SMILES string of the molecule is Cc1nc(C)n(Cc2ccccc2C(N)=S)n1. The van der Waals surface area contributed by atoms with E-state index in [4.69, 9.17) is 18.0 Å². The molecule has 0 aliphatic heterocycles.